The molecule has 4 heterocycles. The number of hydrogen-bond donors (Lipinski definition) is 2. The highest BCUT2D eigenvalue weighted by Gasteiger charge is 2.25. The third-order valence-electron chi connectivity index (χ3n) is 6.55. The Morgan fingerprint density at radius 3 is 3.00 bits per heavy atom. The second kappa shape index (κ2) is 8.78. The molecule has 0 radical (unpaired) electrons. The van der Waals surface area contributed by atoms with Gasteiger partial charge in [0.15, 0.2) is 5.82 Å². The van der Waals surface area contributed by atoms with Crippen molar-refractivity contribution in [3.63, 3.8) is 0 Å². The van der Waals surface area contributed by atoms with Gasteiger partial charge in [0.25, 0.3) is 0 Å². The number of aliphatic imine (C=N–C) groups is 1. The van der Waals surface area contributed by atoms with Crippen molar-refractivity contribution in [3.05, 3.63) is 48.0 Å². The van der Waals surface area contributed by atoms with Crippen LogP contribution in [0.1, 0.15) is 25.7 Å². The van der Waals surface area contributed by atoms with E-state index in [0.29, 0.717) is 36.1 Å². The summed E-state index contributed by atoms with van der Waals surface area (Å²) in [6.45, 7) is 5.80. The lowest BCUT2D eigenvalue weighted by Gasteiger charge is -2.37. The van der Waals surface area contributed by atoms with Crippen LogP contribution in [0, 0.1) is 0 Å². The molecular weight excluding hydrogens is 404 g/mol. The largest absolute Gasteiger partial charge is 0.490 e. The van der Waals surface area contributed by atoms with E-state index in [-0.39, 0.29) is 5.78 Å². The number of ether oxygens (including phenoxy) is 1. The molecule has 2 aromatic heterocycles. The molecule has 0 atom stereocenters. The fraction of sp³-hybridized carbons (Fsp3) is 0.458. The summed E-state index contributed by atoms with van der Waals surface area (Å²) in [5, 5.41) is 11.4. The normalized spacial score (nSPS) is 21.4. The molecule has 0 saturated carbocycles. The van der Waals surface area contributed by atoms with Crippen LogP contribution in [0.5, 0.6) is 0 Å². The van der Waals surface area contributed by atoms with E-state index in [1.165, 1.54) is 32.4 Å². The van der Waals surface area contributed by atoms with Gasteiger partial charge in [-0.1, -0.05) is 6.07 Å². The predicted molar refractivity (Wildman–Crippen MR) is 125 cm³/mol. The van der Waals surface area contributed by atoms with E-state index in [4.69, 9.17) is 9.73 Å². The van der Waals surface area contributed by atoms with Gasteiger partial charge in [-0.3, -0.25) is 4.79 Å². The fourth-order valence-corrected chi connectivity index (χ4v) is 4.74. The topological polar surface area (TPSA) is 80.0 Å². The first-order valence-electron chi connectivity index (χ1n) is 11.6. The number of quaternary nitrogens is 1. The predicted octanol–water partition coefficient (Wildman–Crippen LogP) is 2.81. The Morgan fingerprint density at radius 2 is 2.12 bits per heavy atom. The smallest absolute Gasteiger partial charge is 0.206 e. The highest BCUT2D eigenvalue weighted by molar-refractivity contribution is 6.49. The van der Waals surface area contributed by atoms with Crippen LogP contribution >= 0.6 is 0 Å². The summed E-state index contributed by atoms with van der Waals surface area (Å²) in [6, 6.07) is 5.86. The minimum Gasteiger partial charge on any atom is -0.490 e. The van der Waals surface area contributed by atoms with Gasteiger partial charge in [-0.2, -0.15) is 0 Å². The lowest BCUT2D eigenvalue weighted by atomic mass is 10.1. The molecule has 0 amide bonds. The van der Waals surface area contributed by atoms with Gasteiger partial charge in [-0.15, -0.1) is 5.10 Å². The molecule has 2 aromatic rings. The van der Waals surface area contributed by atoms with Gasteiger partial charge in [0.2, 0.25) is 5.78 Å². The average Bonchev–Trinajstić information content (AvgIpc) is 3.15. The number of carbonyl (C=O) groups is 1. The van der Waals surface area contributed by atoms with E-state index in [1.54, 1.807) is 16.7 Å². The number of fused-ring (bicyclic) bond motifs is 2. The van der Waals surface area contributed by atoms with Gasteiger partial charge >= 0.3 is 0 Å². The third-order valence-corrected chi connectivity index (χ3v) is 6.55. The van der Waals surface area contributed by atoms with E-state index >= 15 is 0 Å². The van der Waals surface area contributed by atoms with Crippen LogP contribution in [-0.2, 0) is 9.53 Å². The monoisotopic (exact) mass is 435 g/mol. The minimum absolute atomic E-state index is 0.134. The molecule has 2 N–H and O–H groups in total. The Hall–Kier alpha value is -3.13. The van der Waals surface area contributed by atoms with Gasteiger partial charge in [0, 0.05) is 37.9 Å². The molecule has 8 nitrogen and oxygen atoms in total. The summed E-state index contributed by atoms with van der Waals surface area (Å²) in [5.41, 5.74) is 2.64. The van der Waals surface area contributed by atoms with Crippen molar-refractivity contribution < 1.29 is 14.0 Å². The van der Waals surface area contributed by atoms with Gasteiger partial charge in [-0.05, 0) is 31.4 Å². The summed E-state index contributed by atoms with van der Waals surface area (Å²) in [5.74, 6) is 1.23. The number of aromatic nitrogens is 2. The number of pyridine rings is 1. The number of carbonyl (C=O) groups excluding carboxylic acids is 1. The summed E-state index contributed by atoms with van der Waals surface area (Å²) in [6.07, 6.45) is 10.3. The highest BCUT2D eigenvalue weighted by Crippen LogP contribution is 2.31. The fourth-order valence-electron chi connectivity index (χ4n) is 4.74. The van der Waals surface area contributed by atoms with Crippen LogP contribution < -0.4 is 10.6 Å². The molecule has 3 aliphatic rings. The van der Waals surface area contributed by atoms with Crippen molar-refractivity contribution in [2.45, 2.75) is 25.7 Å². The van der Waals surface area contributed by atoms with Crippen LogP contribution in [0.25, 0.3) is 5.52 Å². The van der Waals surface area contributed by atoms with Crippen LogP contribution in [0.15, 0.2) is 53.0 Å². The summed E-state index contributed by atoms with van der Waals surface area (Å²) < 4.78 is 8.67. The number of piperidine rings is 1. The molecule has 5 rings (SSSR count). The summed E-state index contributed by atoms with van der Waals surface area (Å²) >= 11 is 0. The van der Waals surface area contributed by atoms with Gasteiger partial charge in [0.1, 0.15) is 23.8 Å². The standard InChI is InChI=1S/C24H30N6O2/c1-30(12-5-2-6-13-30)14-7-9-26-24-23(20-8-3-4-11-29(20)28-24)27-18-17-22-19(16-21(18)31)25-10-15-32-22/h3-4,8,11,16-17H,2,5-7,9-10,12-15H2,1H3,(H-,25,26,28,31)/p+1. The quantitative estimate of drug-likeness (QED) is 0.414. The van der Waals surface area contributed by atoms with Crippen molar-refractivity contribution in [2.24, 2.45) is 4.99 Å². The molecule has 0 aromatic carbocycles. The van der Waals surface area contributed by atoms with Crippen molar-refractivity contribution in [2.75, 3.05) is 51.7 Å². The number of allylic oxidation sites excluding steroid dienone is 2. The third kappa shape index (κ3) is 4.27. The van der Waals surface area contributed by atoms with Gasteiger partial charge in [-0.25, -0.2) is 9.51 Å². The minimum atomic E-state index is -0.134. The molecule has 1 aliphatic carbocycles. The zero-order valence-electron chi connectivity index (χ0n) is 18.6. The number of morpholine rings is 1. The Bertz CT molecular complexity index is 1110. The first-order valence-corrected chi connectivity index (χ1v) is 11.6. The molecular formula is C24H31N6O2+. The Kier molecular flexibility index (Phi) is 5.70. The van der Waals surface area contributed by atoms with Crippen LogP contribution in [0.3, 0.4) is 0 Å². The number of rotatable bonds is 6. The molecule has 0 spiro atoms. The van der Waals surface area contributed by atoms with Gasteiger partial charge < -0.3 is 19.9 Å². The zero-order valence-corrected chi connectivity index (χ0v) is 18.6. The Balaban J connectivity index is 1.36. The number of anilines is 1. The summed E-state index contributed by atoms with van der Waals surface area (Å²) in [4.78, 5) is 17.4. The van der Waals surface area contributed by atoms with Crippen LogP contribution in [-0.4, -0.2) is 72.0 Å². The van der Waals surface area contributed by atoms with E-state index in [0.717, 1.165) is 35.2 Å². The van der Waals surface area contributed by atoms with E-state index < -0.39 is 0 Å². The van der Waals surface area contributed by atoms with E-state index in [9.17, 15) is 4.79 Å². The Morgan fingerprint density at radius 1 is 1.25 bits per heavy atom. The van der Waals surface area contributed by atoms with Crippen molar-refractivity contribution >= 4 is 28.5 Å². The molecule has 2 aliphatic heterocycles. The maximum absolute atomic E-state index is 12.7. The lowest BCUT2D eigenvalue weighted by molar-refractivity contribution is -0.914. The average molecular weight is 436 g/mol. The molecule has 0 unspecified atom stereocenters. The molecule has 0 bridgehead atoms. The number of hydrogen-bond acceptors (Lipinski definition) is 6. The first-order chi connectivity index (χ1) is 15.6. The highest BCUT2D eigenvalue weighted by atomic mass is 16.5. The molecule has 32 heavy (non-hydrogen) atoms. The van der Waals surface area contributed by atoms with Crippen LogP contribution in [0.4, 0.5) is 11.5 Å². The molecule has 2 saturated heterocycles. The first kappa shape index (κ1) is 20.8. The maximum Gasteiger partial charge on any atom is 0.206 e. The maximum atomic E-state index is 12.7. The Labute approximate surface area is 188 Å². The zero-order chi connectivity index (χ0) is 22.0. The van der Waals surface area contributed by atoms with Gasteiger partial charge in [0.05, 0.1) is 37.9 Å². The molecule has 8 heteroatoms. The van der Waals surface area contributed by atoms with Crippen molar-refractivity contribution in [3.8, 4) is 0 Å². The van der Waals surface area contributed by atoms with Crippen LogP contribution in [0.2, 0.25) is 0 Å². The second-order valence-corrected chi connectivity index (χ2v) is 9.06. The van der Waals surface area contributed by atoms with Crippen molar-refractivity contribution in [1.29, 1.82) is 0 Å². The molecule has 2 fully saturated rings. The lowest BCUT2D eigenvalue weighted by Crippen LogP contribution is -2.48. The van der Waals surface area contributed by atoms with Crippen molar-refractivity contribution in [1.82, 2.24) is 14.9 Å². The number of nitrogens with zero attached hydrogens (tertiary/aromatic N) is 4. The number of ketones is 1. The second-order valence-electron chi connectivity index (χ2n) is 9.06. The SMILES string of the molecule is C[N+]1(CCCNc2nn3ccccc3c2N=C2C=C3OCCNC3=CC2=O)CCCCC1. The van der Waals surface area contributed by atoms with E-state index in [1.807, 2.05) is 24.4 Å². The number of likely N-dealkylation sites (tertiary alicyclic amines) is 1. The molecule has 168 valence electrons. The number of nitrogens with one attached hydrogen (secondary N) is 2. The van der Waals surface area contributed by atoms with E-state index in [2.05, 4.69) is 22.8 Å². The summed E-state index contributed by atoms with van der Waals surface area (Å²) in [7, 11) is 2.37.